The van der Waals surface area contributed by atoms with Crippen molar-refractivity contribution < 1.29 is 0 Å². The molecule has 0 atom stereocenters. The molecule has 0 saturated heterocycles. The van der Waals surface area contributed by atoms with Crippen LogP contribution >= 0.6 is 15.9 Å². The summed E-state index contributed by atoms with van der Waals surface area (Å²) in [5.41, 5.74) is 3.67. The van der Waals surface area contributed by atoms with Gasteiger partial charge in [-0.2, -0.15) is 0 Å². The maximum Gasteiger partial charge on any atom is 0.159 e. The molecule has 6 nitrogen and oxygen atoms in total. The molecular weight excluding hydrogens is 296 g/mol. The Morgan fingerprint density at radius 2 is 2.06 bits per heavy atom. The summed E-state index contributed by atoms with van der Waals surface area (Å²) in [5.74, 6) is 6.71. The summed E-state index contributed by atoms with van der Waals surface area (Å²) in [6, 6.07) is 3.93. The fourth-order valence-corrected chi connectivity index (χ4v) is 2.19. The number of anilines is 2. The van der Waals surface area contributed by atoms with E-state index in [0.29, 0.717) is 5.82 Å². The van der Waals surface area contributed by atoms with E-state index < -0.39 is 0 Å². The first-order chi connectivity index (χ1) is 8.72. The van der Waals surface area contributed by atoms with Crippen LogP contribution < -0.4 is 16.2 Å². The lowest BCUT2D eigenvalue weighted by Gasteiger charge is -2.20. The largest absolute Gasteiger partial charge is 0.354 e. The number of hydrogen-bond donors (Lipinski definition) is 2. The molecule has 2 aromatic rings. The molecule has 2 rings (SSSR count). The summed E-state index contributed by atoms with van der Waals surface area (Å²) in [6.45, 7) is 0.724. The molecule has 0 aliphatic heterocycles. The lowest BCUT2D eigenvalue weighted by Crippen LogP contribution is -2.20. The molecule has 0 unspecified atom stereocenters. The molecule has 94 valence electrons. The van der Waals surface area contributed by atoms with E-state index in [9.17, 15) is 0 Å². The summed E-state index contributed by atoms with van der Waals surface area (Å²) in [6.07, 6.45) is 5.01. The number of nitrogens with two attached hydrogens (primary N) is 1. The fraction of sp³-hybridized carbons (Fsp3) is 0.182. The molecule has 7 heteroatoms. The van der Waals surface area contributed by atoms with Crippen molar-refractivity contribution in [1.82, 2.24) is 15.0 Å². The summed E-state index contributed by atoms with van der Waals surface area (Å²) in [4.78, 5) is 14.2. The number of rotatable bonds is 4. The second-order valence-electron chi connectivity index (χ2n) is 3.72. The number of nitrogens with zero attached hydrogens (tertiary/aromatic N) is 4. The van der Waals surface area contributed by atoms with Crippen LogP contribution in [0, 0.1) is 0 Å². The van der Waals surface area contributed by atoms with Crippen molar-refractivity contribution in [3.05, 3.63) is 40.9 Å². The minimum Gasteiger partial charge on any atom is -0.354 e. The number of nitrogen functional groups attached to an aromatic ring is 1. The summed E-state index contributed by atoms with van der Waals surface area (Å²) >= 11 is 3.43. The van der Waals surface area contributed by atoms with Crippen LogP contribution in [0.2, 0.25) is 0 Å². The quantitative estimate of drug-likeness (QED) is 0.659. The highest BCUT2D eigenvalue weighted by atomic mass is 79.9. The Balaban J connectivity index is 2.21. The Hall–Kier alpha value is -1.73. The first kappa shape index (κ1) is 12.7. The molecule has 2 aromatic heterocycles. The van der Waals surface area contributed by atoms with Gasteiger partial charge in [-0.05, 0) is 33.6 Å². The van der Waals surface area contributed by atoms with Gasteiger partial charge in [-0.1, -0.05) is 0 Å². The predicted molar refractivity (Wildman–Crippen MR) is 73.9 cm³/mol. The normalized spacial score (nSPS) is 10.2. The first-order valence-corrected chi connectivity index (χ1v) is 6.09. The topological polar surface area (TPSA) is 80.0 Å². The van der Waals surface area contributed by atoms with Crippen LogP contribution in [0.15, 0.2) is 35.3 Å². The van der Waals surface area contributed by atoms with Gasteiger partial charge in [-0.15, -0.1) is 0 Å². The summed E-state index contributed by atoms with van der Waals surface area (Å²) < 4.78 is 0.740. The highest BCUT2D eigenvalue weighted by Gasteiger charge is 2.12. The van der Waals surface area contributed by atoms with Crippen molar-refractivity contribution in [2.24, 2.45) is 5.84 Å². The number of hydrazine groups is 1. The third-order valence-corrected chi connectivity index (χ3v) is 3.17. The lowest BCUT2D eigenvalue weighted by molar-refractivity contribution is 0.883. The van der Waals surface area contributed by atoms with Gasteiger partial charge in [0, 0.05) is 26.0 Å². The second-order valence-corrected chi connectivity index (χ2v) is 4.51. The second kappa shape index (κ2) is 5.74. The number of halogens is 1. The maximum absolute atomic E-state index is 5.38. The Kier molecular flexibility index (Phi) is 4.06. The summed E-state index contributed by atoms with van der Waals surface area (Å²) in [7, 11) is 1.95. The molecular formula is C11H13BrN6. The lowest BCUT2D eigenvalue weighted by atomic mass is 10.2. The van der Waals surface area contributed by atoms with E-state index in [-0.39, 0.29) is 0 Å². The standard InChI is InChI=1S/C11H13BrN6/c1-18(6-8-2-4-14-5-3-8)11-9(12)10(17-13)15-7-16-11/h2-5,7H,6,13H2,1H3,(H,15,16,17). The van der Waals surface area contributed by atoms with Crippen molar-refractivity contribution >= 4 is 27.6 Å². The fourth-order valence-electron chi connectivity index (χ4n) is 1.56. The highest BCUT2D eigenvalue weighted by molar-refractivity contribution is 9.10. The van der Waals surface area contributed by atoms with Crippen molar-refractivity contribution in [2.45, 2.75) is 6.54 Å². The van der Waals surface area contributed by atoms with Crippen LogP contribution in [0.25, 0.3) is 0 Å². The van der Waals surface area contributed by atoms with Crippen molar-refractivity contribution in [3.63, 3.8) is 0 Å². The Bertz CT molecular complexity index is 518. The third kappa shape index (κ3) is 2.74. The first-order valence-electron chi connectivity index (χ1n) is 5.29. The van der Waals surface area contributed by atoms with E-state index in [0.717, 1.165) is 22.4 Å². The van der Waals surface area contributed by atoms with Gasteiger partial charge in [0.05, 0.1) is 0 Å². The molecule has 0 aliphatic carbocycles. The van der Waals surface area contributed by atoms with Gasteiger partial charge >= 0.3 is 0 Å². The van der Waals surface area contributed by atoms with E-state index in [1.165, 1.54) is 6.33 Å². The molecule has 3 N–H and O–H groups in total. The van der Waals surface area contributed by atoms with E-state index in [1.54, 1.807) is 12.4 Å². The zero-order valence-corrected chi connectivity index (χ0v) is 11.4. The van der Waals surface area contributed by atoms with Crippen molar-refractivity contribution in [2.75, 3.05) is 17.4 Å². The van der Waals surface area contributed by atoms with Crippen molar-refractivity contribution in [3.8, 4) is 0 Å². The van der Waals surface area contributed by atoms with Gasteiger partial charge in [0.1, 0.15) is 16.6 Å². The van der Waals surface area contributed by atoms with Gasteiger partial charge in [-0.25, -0.2) is 15.8 Å². The van der Waals surface area contributed by atoms with E-state index in [4.69, 9.17) is 5.84 Å². The zero-order chi connectivity index (χ0) is 13.0. The van der Waals surface area contributed by atoms with Crippen LogP contribution in [0.4, 0.5) is 11.6 Å². The van der Waals surface area contributed by atoms with E-state index in [1.807, 2.05) is 24.1 Å². The average Bonchev–Trinajstić information content (AvgIpc) is 2.40. The smallest absolute Gasteiger partial charge is 0.159 e. The maximum atomic E-state index is 5.38. The number of pyridine rings is 1. The third-order valence-electron chi connectivity index (χ3n) is 2.44. The van der Waals surface area contributed by atoms with Gasteiger partial charge in [-0.3, -0.25) is 4.98 Å². The molecule has 0 saturated carbocycles. The molecule has 0 aromatic carbocycles. The van der Waals surface area contributed by atoms with E-state index >= 15 is 0 Å². The van der Waals surface area contributed by atoms with Gasteiger partial charge in [0.15, 0.2) is 5.82 Å². The zero-order valence-electron chi connectivity index (χ0n) is 9.84. The monoisotopic (exact) mass is 308 g/mol. The molecule has 0 spiro atoms. The number of aromatic nitrogens is 3. The Morgan fingerprint density at radius 3 is 2.72 bits per heavy atom. The van der Waals surface area contributed by atoms with Gasteiger partial charge < -0.3 is 10.3 Å². The SMILES string of the molecule is CN(Cc1ccncc1)c1ncnc(NN)c1Br. The van der Waals surface area contributed by atoms with Crippen LogP contribution in [0.1, 0.15) is 5.56 Å². The molecule has 0 bridgehead atoms. The average molecular weight is 309 g/mol. The minimum absolute atomic E-state index is 0.557. The van der Waals surface area contributed by atoms with E-state index in [2.05, 4.69) is 36.3 Å². The van der Waals surface area contributed by atoms with Crippen LogP contribution in [0.5, 0.6) is 0 Å². The molecule has 0 amide bonds. The molecule has 2 heterocycles. The van der Waals surface area contributed by atoms with Crippen LogP contribution in [0.3, 0.4) is 0 Å². The Labute approximate surface area is 113 Å². The highest BCUT2D eigenvalue weighted by Crippen LogP contribution is 2.28. The van der Waals surface area contributed by atoms with Crippen LogP contribution in [-0.2, 0) is 6.54 Å². The Morgan fingerprint density at radius 1 is 1.33 bits per heavy atom. The van der Waals surface area contributed by atoms with Crippen molar-refractivity contribution in [1.29, 1.82) is 0 Å². The number of nitrogens with one attached hydrogen (secondary N) is 1. The van der Waals surface area contributed by atoms with Gasteiger partial charge in [0.2, 0.25) is 0 Å². The summed E-state index contributed by atoms with van der Waals surface area (Å²) in [5, 5.41) is 0. The minimum atomic E-state index is 0.557. The molecule has 0 aliphatic rings. The number of hydrogen-bond acceptors (Lipinski definition) is 6. The predicted octanol–water partition coefficient (Wildman–Crippen LogP) is 1.56. The molecule has 0 fully saturated rings. The molecule has 0 radical (unpaired) electrons. The van der Waals surface area contributed by atoms with Gasteiger partial charge in [0.25, 0.3) is 0 Å². The van der Waals surface area contributed by atoms with Crippen LogP contribution in [-0.4, -0.2) is 22.0 Å². The molecule has 18 heavy (non-hydrogen) atoms.